The van der Waals surface area contributed by atoms with Gasteiger partial charge in [-0.15, -0.1) is 11.3 Å². The van der Waals surface area contributed by atoms with E-state index >= 15 is 0 Å². The van der Waals surface area contributed by atoms with Crippen LogP contribution in [-0.2, 0) is 6.54 Å². The molecule has 0 aliphatic carbocycles. The van der Waals surface area contributed by atoms with E-state index in [1.807, 2.05) is 73.3 Å². The average Bonchev–Trinajstić information content (AvgIpc) is 3.33. The molecule has 0 saturated carbocycles. The molecule has 4 nitrogen and oxygen atoms in total. The highest BCUT2D eigenvalue weighted by Crippen LogP contribution is 2.32. The van der Waals surface area contributed by atoms with Crippen LogP contribution in [0.15, 0.2) is 60.7 Å². The van der Waals surface area contributed by atoms with E-state index in [9.17, 15) is 4.79 Å². The number of rotatable bonds is 5. The number of aryl methyl sites for hydroxylation is 2. The third kappa shape index (κ3) is 3.22. The fourth-order valence-corrected chi connectivity index (χ4v) is 4.48. The molecule has 0 spiro atoms. The lowest BCUT2D eigenvalue weighted by Crippen LogP contribution is -2.29. The largest absolute Gasteiger partial charge is 0.324 e. The van der Waals surface area contributed by atoms with Gasteiger partial charge in [-0.25, -0.2) is 4.98 Å². The smallest absolute Gasteiger partial charge is 0.268 e. The first-order chi connectivity index (χ1) is 13.6. The minimum Gasteiger partial charge on any atom is -0.324 e. The number of fused-ring (bicyclic) bond motifs is 1. The van der Waals surface area contributed by atoms with E-state index in [0.717, 1.165) is 44.4 Å². The molecular formula is C23H23N3OS. The Hall–Kier alpha value is -2.92. The topological polar surface area (TPSA) is 38.1 Å². The summed E-state index contributed by atoms with van der Waals surface area (Å²) in [5, 5.41) is 0. The Balaban J connectivity index is 1.70. The zero-order valence-electron chi connectivity index (χ0n) is 16.3. The molecule has 2 heterocycles. The van der Waals surface area contributed by atoms with E-state index in [1.165, 1.54) is 11.3 Å². The molecule has 2 aromatic carbocycles. The van der Waals surface area contributed by atoms with Crippen molar-refractivity contribution < 1.29 is 4.79 Å². The molecule has 5 heteroatoms. The molecule has 0 saturated heterocycles. The molecule has 2 aromatic heterocycles. The lowest BCUT2D eigenvalue weighted by atomic mass is 10.2. The van der Waals surface area contributed by atoms with E-state index < -0.39 is 0 Å². The maximum Gasteiger partial charge on any atom is 0.268 e. The van der Waals surface area contributed by atoms with Crippen molar-refractivity contribution in [3.63, 3.8) is 0 Å². The van der Waals surface area contributed by atoms with E-state index in [2.05, 4.69) is 17.6 Å². The molecule has 0 aliphatic rings. The third-order valence-corrected chi connectivity index (χ3v) is 5.95. The highest BCUT2D eigenvalue weighted by atomic mass is 32.1. The predicted molar refractivity (Wildman–Crippen MR) is 117 cm³/mol. The molecule has 4 aromatic rings. The van der Waals surface area contributed by atoms with Crippen LogP contribution < -0.4 is 4.90 Å². The maximum atomic E-state index is 13.2. The van der Waals surface area contributed by atoms with Crippen LogP contribution in [0.2, 0.25) is 0 Å². The van der Waals surface area contributed by atoms with Gasteiger partial charge in [0.2, 0.25) is 0 Å². The van der Waals surface area contributed by atoms with Gasteiger partial charge in [0.25, 0.3) is 5.91 Å². The number of anilines is 1. The number of carbonyl (C=O) groups is 1. The van der Waals surface area contributed by atoms with Crippen LogP contribution in [0.3, 0.4) is 0 Å². The number of nitrogens with zero attached hydrogens (tertiary/aromatic N) is 3. The van der Waals surface area contributed by atoms with E-state index in [0.29, 0.717) is 6.54 Å². The van der Waals surface area contributed by atoms with Gasteiger partial charge in [0, 0.05) is 18.8 Å². The number of hydrogen-bond donors (Lipinski definition) is 0. The standard InChI is InChI=1S/C23H23N3OS/c1-4-25(17-10-8-9-16(3)15-17)23(27)21-14-13-20(28-21)22-24-18-11-6-7-12-19(18)26(22)5-2/h6-15H,4-5H2,1-3H3. The van der Waals surface area contributed by atoms with Gasteiger partial charge in [-0.2, -0.15) is 0 Å². The average molecular weight is 390 g/mol. The number of hydrogen-bond acceptors (Lipinski definition) is 3. The second-order valence-corrected chi connectivity index (χ2v) is 7.80. The second-order valence-electron chi connectivity index (χ2n) is 6.72. The number of aromatic nitrogens is 2. The second kappa shape index (κ2) is 7.60. The molecule has 0 atom stereocenters. The van der Waals surface area contributed by atoms with Crippen LogP contribution >= 0.6 is 11.3 Å². The first-order valence-electron chi connectivity index (χ1n) is 9.56. The first kappa shape index (κ1) is 18.4. The van der Waals surface area contributed by atoms with E-state index in [4.69, 9.17) is 4.98 Å². The third-order valence-electron chi connectivity index (χ3n) is 4.88. The van der Waals surface area contributed by atoms with Gasteiger partial charge in [-0.1, -0.05) is 24.3 Å². The van der Waals surface area contributed by atoms with Crippen LogP contribution in [0.1, 0.15) is 29.1 Å². The number of benzene rings is 2. The molecule has 0 radical (unpaired) electrons. The van der Waals surface area contributed by atoms with Crippen molar-refractivity contribution in [2.75, 3.05) is 11.4 Å². The number of amides is 1. The molecule has 1 amide bonds. The molecule has 0 N–H and O–H groups in total. The van der Waals surface area contributed by atoms with Crippen molar-refractivity contribution in [1.29, 1.82) is 0 Å². The molecule has 142 valence electrons. The Kier molecular flexibility index (Phi) is 5.01. The zero-order chi connectivity index (χ0) is 19.7. The summed E-state index contributed by atoms with van der Waals surface area (Å²) >= 11 is 1.51. The van der Waals surface area contributed by atoms with Gasteiger partial charge >= 0.3 is 0 Å². The molecule has 0 fully saturated rings. The van der Waals surface area contributed by atoms with Crippen LogP contribution in [0.4, 0.5) is 5.69 Å². The van der Waals surface area contributed by atoms with Gasteiger partial charge in [-0.05, 0) is 62.7 Å². The Labute approximate surface area is 169 Å². The predicted octanol–water partition coefficient (Wildman–Crippen LogP) is 5.76. The monoisotopic (exact) mass is 389 g/mol. The number of imidazole rings is 1. The minimum atomic E-state index is 0.0310. The van der Waals surface area contributed by atoms with Crippen LogP contribution in [0.25, 0.3) is 21.7 Å². The lowest BCUT2D eigenvalue weighted by Gasteiger charge is -2.20. The zero-order valence-corrected chi connectivity index (χ0v) is 17.2. The summed E-state index contributed by atoms with van der Waals surface area (Å²) in [4.78, 5) is 21.5. The molecule has 4 rings (SSSR count). The summed E-state index contributed by atoms with van der Waals surface area (Å²) in [6.07, 6.45) is 0. The van der Waals surface area contributed by atoms with Gasteiger partial charge in [0.05, 0.1) is 20.8 Å². The summed E-state index contributed by atoms with van der Waals surface area (Å²) in [5.74, 6) is 0.954. The van der Waals surface area contributed by atoms with Crippen LogP contribution in [0, 0.1) is 6.92 Å². The highest BCUT2D eigenvalue weighted by molar-refractivity contribution is 7.17. The lowest BCUT2D eigenvalue weighted by molar-refractivity contribution is 0.0992. The quantitative estimate of drug-likeness (QED) is 0.435. The van der Waals surface area contributed by atoms with Crippen LogP contribution in [0.5, 0.6) is 0 Å². The van der Waals surface area contributed by atoms with E-state index in [1.54, 1.807) is 0 Å². The van der Waals surface area contributed by atoms with Crippen molar-refractivity contribution >= 4 is 34.0 Å². The fourth-order valence-electron chi connectivity index (χ4n) is 3.53. The minimum absolute atomic E-state index is 0.0310. The summed E-state index contributed by atoms with van der Waals surface area (Å²) in [6.45, 7) is 7.63. The molecule has 0 aliphatic heterocycles. The summed E-state index contributed by atoms with van der Waals surface area (Å²) in [5.41, 5.74) is 4.18. The Bertz CT molecular complexity index is 1140. The number of thiophene rings is 1. The Morgan fingerprint density at radius 1 is 1.07 bits per heavy atom. The molecule has 0 unspecified atom stereocenters. The normalized spacial score (nSPS) is 11.1. The highest BCUT2D eigenvalue weighted by Gasteiger charge is 2.20. The maximum absolute atomic E-state index is 13.2. The van der Waals surface area contributed by atoms with E-state index in [-0.39, 0.29) is 5.91 Å². The van der Waals surface area contributed by atoms with Crippen molar-refractivity contribution in [3.05, 3.63) is 71.1 Å². The van der Waals surface area contributed by atoms with Gasteiger partial charge in [0.1, 0.15) is 0 Å². The molecular weight excluding hydrogens is 366 g/mol. The first-order valence-corrected chi connectivity index (χ1v) is 10.4. The van der Waals surface area contributed by atoms with Crippen molar-refractivity contribution in [2.24, 2.45) is 0 Å². The molecule has 28 heavy (non-hydrogen) atoms. The summed E-state index contributed by atoms with van der Waals surface area (Å²) < 4.78 is 2.20. The fraction of sp³-hybridized carbons (Fsp3) is 0.217. The Morgan fingerprint density at radius 2 is 1.89 bits per heavy atom. The molecule has 0 bridgehead atoms. The van der Waals surface area contributed by atoms with Crippen molar-refractivity contribution in [1.82, 2.24) is 9.55 Å². The summed E-state index contributed by atoms with van der Waals surface area (Å²) in [6, 6.07) is 20.1. The van der Waals surface area contributed by atoms with Gasteiger partial charge in [0.15, 0.2) is 5.82 Å². The Morgan fingerprint density at radius 3 is 2.64 bits per heavy atom. The SMILES string of the molecule is CCN(C(=O)c1ccc(-c2nc3ccccc3n2CC)s1)c1cccc(C)c1. The van der Waals surface area contributed by atoms with Crippen molar-refractivity contribution in [2.45, 2.75) is 27.3 Å². The number of carbonyl (C=O) groups excluding carboxylic acids is 1. The van der Waals surface area contributed by atoms with Gasteiger partial charge in [-0.3, -0.25) is 4.79 Å². The van der Waals surface area contributed by atoms with Crippen molar-refractivity contribution in [3.8, 4) is 10.7 Å². The van der Waals surface area contributed by atoms with Crippen LogP contribution in [-0.4, -0.2) is 22.0 Å². The summed E-state index contributed by atoms with van der Waals surface area (Å²) in [7, 11) is 0. The van der Waals surface area contributed by atoms with Gasteiger partial charge < -0.3 is 9.47 Å². The number of para-hydroxylation sites is 2.